The fourth-order valence-corrected chi connectivity index (χ4v) is 4.26. The highest BCUT2D eigenvalue weighted by Gasteiger charge is 2.28. The summed E-state index contributed by atoms with van der Waals surface area (Å²) >= 11 is 0. The van der Waals surface area contributed by atoms with Gasteiger partial charge in [0.1, 0.15) is 12.2 Å². The van der Waals surface area contributed by atoms with Gasteiger partial charge in [0.05, 0.1) is 0 Å². The number of hydrogen-bond acceptors (Lipinski definition) is 3. The molecule has 1 atom stereocenters. The van der Waals surface area contributed by atoms with Crippen LogP contribution in [0.4, 0.5) is 0 Å². The topological polar surface area (TPSA) is 51.0 Å². The summed E-state index contributed by atoms with van der Waals surface area (Å²) in [5.74, 6) is 1.73. The van der Waals surface area contributed by atoms with E-state index in [1.54, 1.807) is 6.33 Å². The second kappa shape index (κ2) is 8.60. The molecule has 0 N–H and O–H groups in total. The Labute approximate surface area is 172 Å². The standard InChI is InChI=1S/C24H28N4O/c1-18-8-10-20(11-9-18)22(19-6-4-3-5-7-19)16-23(29)28-14-12-21(13-15-28)24-26-25-17-27(24)2/h3-11,17,21-22H,12-16H2,1-2H3. The summed E-state index contributed by atoms with van der Waals surface area (Å²) < 4.78 is 1.99. The number of carbonyl (C=O) groups is 1. The van der Waals surface area contributed by atoms with E-state index in [1.165, 1.54) is 16.7 Å². The summed E-state index contributed by atoms with van der Waals surface area (Å²) in [5, 5.41) is 8.25. The summed E-state index contributed by atoms with van der Waals surface area (Å²) in [5.41, 5.74) is 3.63. The molecule has 1 aromatic heterocycles. The first kappa shape index (κ1) is 19.4. The summed E-state index contributed by atoms with van der Waals surface area (Å²) in [6, 6.07) is 18.9. The number of aryl methyl sites for hydroxylation is 2. The first-order chi connectivity index (χ1) is 14.1. The largest absolute Gasteiger partial charge is 0.343 e. The van der Waals surface area contributed by atoms with E-state index in [1.807, 2.05) is 34.7 Å². The SMILES string of the molecule is Cc1ccc(C(CC(=O)N2CCC(c3nncn3C)CC2)c2ccccc2)cc1. The van der Waals surface area contributed by atoms with Gasteiger partial charge in [-0.05, 0) is 30.9 Å². The van der Waals surface area contributed by atoms with Gasteiger partial charge in [-0.25, -0.2) is 0 Å². The fraction of sp³-hybridized carbons (Fsp3) is 0.375. The van der Waals surface area contributed by atoms with E-state index in [-0.39, 0.29) is 11.8 Å². The highest BCUT2D eigenvalue weighted by Crippen LogP contribution is 2.31. The Morgan fingerprint density at radius 3 is 2.31 bits per heavy atom. The lowest BCUT2D eigenvalue weighted by Crippen LogP contribution is -2.39. The van der Waals surface area contributed by atoms with Gasteiger partial charge in [0.2, 0.25) is 5.91 Å². The number of hydrogen-bond donors (Lipinski definition) is 0. The predicted molar refractivity (Wildman–Crippen MR) is 114 cm³/mol. The number of benzene rings is 2. The molecule has 1 saturated heterocycles. The van der Waals surface area contributed by atoms with Crippen LogP contribution >= 0.6 is 0 Å². The Hall–Kier alpha value is -2.95. The zero-order chi connectivity index (χ0) is 20.2. The number of aromatic nitrogens is 3. The molecule has 1 aliphatic rings. The molecule has 29 heavy (non-hydrogen) atoms. The fourth-order valence-electron chi connectivity index (χ4n) is 4.26. The van der Waals surface area contributed by atoms with Gasteiger partial charge in [-0.15, -0.1) is 10.2 Å². The summed E-state index contributed by atoms with van der Waals surface area (Å²) in [4.78, 5) is 15.2. The van der Waals surface area contributed by atoms with Gasteiger partial charge >= 0.3 is 0 Å². The molecule has 2 aromatic carbocycles. The Bertz CT molecular complexity index is 941. The minimum absolute atomic E-state index is 0.0840. The minimum Gasteiger partial charge on any atom is -0.343 e. The molecule has 3 aromatic rings. The lowest BCUT2D eigenvalue weighted by atomic mass is 9.87. The molecule has 0 saturated carbocycles. The third-order valence-electron chi connectivity index (χ3n) is 6.02. The van der Waals surface area contributed by atoms with E-state index in [0.29, 0.717) is 12.3 Å². The monoisotopic (exact) mass is 388 g/mol. The van der Waals surface area contributed by atoms with E-state index < -0.39 is 0 Å². The molecule has 2 heterocycles. The Balaban J connectivity index is 1.46. The van der Waals surface area contributed by atoms with Crippen LogP contribution in [0.2, 0.25) is 0 Å². The zero-order valence-electron chi connectivity index (χ0n) is 17.2. The van der Waals surface area contributed by atoms with Gasteiger partial charge in [0.15, 0.2) is 0 Å². The molecule has 0 bridgehead atoms. The molecular formula is C24H28N4O. The van der Waals surface area contributed by atoms with Crippen LogP contribution < -0.4 is 0 Å². The molecular weight excluding hydrogens is 360 g/mol. The first-order valence-corrected chi connectivity index (χ1v) is 10.3. The number of piperidine rings is 1. The van der Waals surface area contributed by atoms with Crippen molar-refractivity contribution in [2.24, 2.45) is 7.05 Å². The van der Waals surface area contributed by atoms with Crippen molar-refractivity contribution in [3.05, 3.63) is 83.4 Å². The number of likely N-dealkylation sites (tertiary alicyclic amines) is 1. The smallest absolute Gasteiger partial charge is 0.223 e. The van der Waals surface area contributed by atoms with Crippen LogP contribution in [0.3, 0.4) is 0 Å². The third-order valence-corrected chi connectivity index (χ3v) is 6.02. The van der Waals surface area contributed by atoms with Gasteiger partial charge in [0.25, 0.3) is 0 Å². The molecule has 1 amide bonds. The average Bonchev–Trinajstić information content (AvgIpc) is 3.19. The van der Waals surface area contributed by atoms with Crippen LogP contribution in [0, 0.1) is 6.92 Å². The number of nitrogens with zero attached hydrogens (tertiary/aromatic N) is 4. The summed E-state index contributed by atoms with van der Waals surface area (Å²) in [6.07, 6.45) is 4.14. The zero-order valence-corrected chi connectivity index (χ0v) is 17.2. The van der Waals surface area contributed by atoms with E-state index in [0.717, 1.165) is 31.8 Å². The molecule has 4 rings (SSSR count). The molecule has 0 spiro atoms. The van der Waals surface area contributed by atoms with Crippen molar-refractivity contribution in [1.29, 1.82) is 0 Å². The van der Waals surface area contributed by atoms with Crippen LogP contribution in [0.15, 0.2) is 60.9 Å². The molecule has 0 radical (unpaired) electrons. The Morgan fingerprint density at radius 2 is 1.69 bits per heavy atom. The minimum atomic E-state index is 0.0840. The Kier molecular flexibility index (Phi) is 5.74. The van der Waals surface area contributed by atoms with Crippen molar-refractivity contribution >= 4 is 5.91 Å². The number of amides is 1. The van der Waals surface area contributed by atoms with Gasteiger partial charge in [0, 0.05) is 38.4 Å². The van der Waals surface area contributed by atoms with Crippen LogP contribution in [-0.4, -0.2) is 38.7 Å². The highest BCUT2D eigenvalue weighted by molar-refractivity contribution is 5.78. The van der Waals surface area contributed by atoms with Crippen molar-refractivity contribution in [2.45, 2.75) is 38.0 Å². The predicted octanol–water partition coefficient (Wildman–Crippen LogP) is 4.05. The average molecular weight is 389 g/mol. The third kappa shape index (κ3) is 4.39. The first-order valence-electron chi connectivity index (χ1n) is 10.3. The van der Waals surface area contributed by atoms with Crippen LogP contribution in [0.25, 0.3) is 0 Å². The summed E-state index contributed by atoms with van der Waals surface area (Å²) in [6.45, 7) is 3.66. The number of carbonyl (C=O) groups excluding carboxylic acids is 1. The molecule has 1 unspecified atom stereocenters. The van der Waals surface area contributed by atoms with Gasteiger partial charge in [-0.2, -0.15) is 0 Å². The quantitative estimate of drug-likeness (QED) is 0.662. The maximum absolute atomic E-state index is 13.2. The number of rotatable bonds is 5. The maximum atomic E-state index is 13.2. The van der Waals surface area contributed by atoms with E-state index >= 15 is 0 Å². The van der Waals surface area contributed by atoms with Crippen molar-refractivity contribution in [2.75, 3.05) is 13.1 Å². The normalized spacial score (nSPS) is 16.0. The van der Waals surface area contributed by atoms with Crippen LogP contribution in [-0.2, 0) is 11.8 Å². The van der Waals surface area contributed by atoms with E-state index in [9.17, 15) is 4.79 Å². The molecule has 5 heteroatoms. The van der Waals surface area contributed by atoms with Crippen molar-refractivity contribution in [3.63, 3.8) is 0 Å². The van der Waals surface area contributed by atoms with Gasteiger partial charge < -0.3 is 9.47 Å². The van der Waals surface area contributed by atoms with E-state index in [4.69, 9.17) is 0 Å². The second-order valence-corrected chi connectivity index (χ2v) is 8.03. The van der Waals surface area contributed by atoms with Crippen molar-refractivity contribution in [3.8, 4) is 0 Å². The maximum Gasteiger partial charge on any atom is 0.223 e. The lowest BCUT2D eigenvalue weighted by molar-refractivity contribution is -0.132. The highest BCUT2D eigenvalue weighted by atomic mass is 16.2. The molecule has 5 nitrogen and oxygen atoms in total. The van der Waals surface area contributed by atoms with E-state index in [2.05, 4.69) is 53.5 Å². The molecule has 1 fully saturated rings. The second-order valence-electron chi connectivity index (χ2n) is 8.03. The molecule has 150 valence electrons. The van der Waals surface area contributed by atoms with Crippen molar-refractivity contribution in [1.82, 2.24) is 19.7 Å². The van der Waals surface area contributed by atoms with Crippen LogP contribution in [0.1, 0.15) is 53.6 Å². The van der Waals surface area contributed by atoms with Crippen LogP contribution in [0.5, 0.6) is 0 Å². The van der Waals surface area contributed by atoms with Gasteiger partial charge in [-0.1, -0.05) is 60.2 Å². The molecule has 0 aliphatic carbocycles. The summed E-state index contributed by atoms with van der Waals surface area (Å²) in [7, 11) is 1.99. The molecule has 1 aliphatic heterocycles. The Morgan fingerprint density at radius 1 is 1.03 bits per heavy atom. The lowest BCUT2D eigenvalue weighted by Gasteiger charge is -2.32. The van der Waals surface area contributed by atoms with Crippen molar-refractivity contribution < 1.29 is 4.79 Å². The van der Waals surface area contributed by atoms with Gasteiger partial charge in [-0.3, -0.25) is 4.79 Å².